The first kappa shape index (κ1) is 23.1. The van der Waals surface area contributed by atoms with Gasteiger partial charge in [-0.25, -0.2) is 14.3 Å². The number of benzene rings is 2. The first-order valence-corrected chi connectivity index (χ1v) is 12.8. The summed E-state index contributed by atoms with van der Waals surface area (Å²) in [5.41, 5.74) is 4.33. The molecule has 0 amide bonds. The van der Waals surface area contributed by atoms with Crippen LogP contribution in [0.5, 0.6) is 5.75 Å². The van der Waals surface area contributed by atoms with Gasteiger partial charge in [-0.15, -0.1) is 11.3 Å². The summed E-state index contributed by atoms with van der Waals surface area (Å²) in [5.74, 6) is 0.685. The van der Waals surface area contributed by atoms with Gasteiger partial charge in [-0.05, 0) is 68.3 Å². The lowest BCUT2D eigenvalue weighted by Crippen LogP contribution is -2.33. The topological polar surface area (TPSA) is 86.8 Å². The number of nitrogens with one attached hydrogen (secondary N) is 1. The molecule has 6 rings (SSSR count). The lowest BCUT2D eigenvalue weighted by atomic mass is 10.1. The van der Waals surface area contributed by atoms with E-state index in [0.29, 0.717) is 21.7 Å². The van der Waals surface area contributed by atoms with E-state index >= 15 is 0 Å². The van der Waals surface area contributed by atoms with E-state index in [0.717, 1.165) is 44.8 Å². The minimum atomic E-state index is -0.456. The molecule has 4 aromatic heterocycles. The smallest absolute Gasteiger partial charge is 0.334 e. The Labute approximate surface area is 216 Å². The highest BCUT2D eigenvalue weighted by atomic mass is 32.1. The number of aryl methyl sites for hydroxylation is 3. The van der Waals surface area contributed by atoms with Crippen molar-refractivity contribution in [1.82, 2.24) is 23.7 Å². The minimum Gasteiger partial charge on any atom is -0.495 e. The van der Waals surface area contributed by atoms with Gasteiger partial charge in [-0.1, -0.05) is 6.07 Å². The molecule has 0 atom stereocenters. The van der Waals surface area contributed by atoms with Crippen molar-refractivity contribution in [2.75, 3.05) is 7.11 Å². The van der Waals surface area contributed by atoms with E-state index in [1.54, 1.807) is 13.4 Å². The van der Waals surface area contributed by atoms with Gasteiger partial charge in [0, 0.05) is 34.7 Å². The molecule has 0 saturated carbocycles. The standard InChI is InChI=1S/C28H25N5O3S/c1-5-31-11-10-18-12-20(7-9-21(18)31)33-27(34)24-17(3)25(37-26(24)30-28(33)35)19-6-8-22(23(13-19)36-4)32-14-16(2)29-15-32/h6-15H,5H2,1-4H3,(H,30,35). The van der Waals surface area contributed by atoms with Crippen molar-refractivity contribution in [2.45, 2.75) is 27.3 Å². The zero-order chi connectivity index (χ0) is 25.8. The molecule has 37 heavy (non-hydrogen) atoms. The maximum absolute atomic E-state index is 13.7. The number of hydrogen-bond donors (Lipinski definition) is 1. The molecular weight excluding hydrogens is 486 g/mol. The maximum atomic E-state index is 13.7. The van der Waals surface area contributed by atoms with Gasteiger partial charge in [0.2, 0.25) is 0 Å². The molecule has 1 N–H and O–H groups in total. The Morgan fingerprint density at radius 2 is 1.92 bits per heavy atom. The first-order valence-electron chi connectivity index (χ1n) is 12.0. The predicted octanol–water partition coefficient (Wildman–Crippen LogP) is 5.19. The Morgan fingerprint density at radius 1 is 1.08 bits per heavy atom. The fraction of sp³-hybridized carbons (Fsp3) is 0.179. The van der Waals surface area contributed by atoms with Gasteiger partial charge in [0.15, 0.2) is 0 Å². The van der Waals surface area contributed by atoms with Crippen molar-refractivity contribution < 1.29 is 4.74 Å². The number of ether oxygens (including phenoxy) is 1. The van der Waals surface area contributed by atoms with Crippen LogP contribution in [-0.2, 0) is 6.54 Å². The molecule has 0 radical (unpaired) electrons. The lowest BCUT2D eigenvalue weighted by Gasteiger charge is -2.11. The number of imidazole rings is 1. The minimum absolute atomic E-state index is 0.328. The number of hydrogen-bond acceptors (Lipinski definition) is 5. The molecule has 8 nitrogen and oxygen atoms in total. The van der Waals surface area contributed by atoms with Crippen LogP contribution in [0.3, 0.4) is 0 Å². The molecule has 0 aliphatic rings. The van der Waals surface area contributed by atoms with E-state index in [2.05, 4.69) is 21.5 Å². The average molecular weight is 512 g/mol. The summed E-state index contributed by atoms with van der Waals surface area (Å²) in [5, 5.41) is 1.49. The molecule has 6 aromatic rings. The number of thiophene rings is 1. The van der Waals surface area contributed by atoms with E-state index in [4.69, 9.17) is 4.74 Å². The summed E-state index contributed by atoms with van der Waals surface area (Å²) in [6.45, 7) is 6.78. The largest absolute Gasteiger partial charge is 0.495 e. The molecule has 186 valence electrons. The second-order valence-electron chi connectivity index (χ2n) is 8.98. The summed E-state index contributed by atoms with van der Waals surface area (Å²) >= 11 is 1.40. The molecule has 0 bridgehead atoms. The van der Waals surface area contributed by atoms with Crippen molar-refractivity contribution >= 4 is 32.5 Å². The number of aromatic nitrogens is 5. The Balaban J connectivity index is 1.50. The van der Waals surface area contributed by atoms with Gasteiger partial charge in [0.25, 0.3) is 5.56 Å². The fourth-order valence-corrected chi connectivity index (χ4v) is 6.10. The Bertz CT molecular complexity index is 1940. The molecule has 0 unspecified atom stereocenters. The molecule has 0 saturated heterocycles. The van der Waals surface area contributed by atoms with Crippen LogP contribution in [0.15, 0.2) is 70.8 Å². The SMILES string of the molecule is CCn1ccc2cc(-n3c(=O)[nH]c4sc(-c5ccc(-n6cnc(C)c6)c(OC)c5)c(C)c4c3=O)ccc21. The van der Waals surface area contributed by atoms with Crippen LogP contribution in [0, 0.1) is 13.8 Å². The molecule has 0 aliphatic carbocycles. The van der Waals surface area contributed by atoms with Gasteiger partial charge in [0.05, 0.1) is 35.9 Å². The Kier molecular flexibility index (Phi) is 5.38. The van der Waals surface area contributed by atoms with E-state index in [-0.39, 0.29) is 5.56 Å². The number of methoxy groups -OCH3 is 1. The van der Waals surface area contributed by atoms with Gasteiger partial charge < -0.3 is 13.9 Å². The van der Waals surface area contributed by atoms with Crippen LogP contribution in [0.2, 0.25) is 0 Å². The molecule has 2 aromatic carbocycles. The number of rotatable bonds is 5. The van der Waals surface area contributed by atoms with Gasteiger partial charge in [0.1, 0.15) is 10.6 Å². The van der Waals surface area contributed by atoms with E-state index in [1.165, 1.54) is 15.9 Å². The van der Waals surface area contributed by atoms with Crippen LogP contribution in [0.4, 0.5) is 0 Å². The normalized spacial score (nSPS) is 11.6. The second kappa shape index (κ2) is 8.63. The van der Waals surface area contributed by atoms with Crippen LogP contribution in [0.25, 0.3) is 42.9 Å². The van der Waals surface area contributed by atoms with Crippen LogP contribution in [-0.4, -0.2) is 30.8 Å². The lowest BCUT2D eigenvalue weighted by molar-refractivity contribution is 0.413. The quantitative estimate of drug-likeness (QED) is 0.345. The molecule has 0 spiro atoms. The second-order valence-corrected chi connectivity index (χ2v) is 10.0. The third-order valence-corrected chi connectivity index (χ3v) is 8.03. The average Bonchev–Trinajstić information content (AvgIpc) is 3.60. The fourth-order valence-electron chi connectivity index (χ4n) is 4.91. The highest BCUT2D eigenvalue weighted by Gasteiger charge is 2.19. The number of fused-ring (bicyclic) bond motifs is 2. The van der Waals surface area contributed by atoms with E-state index < -0.39 is 5.69 Å². The predicted molar refractivity (Wildman–Crippen MR) is 148 cm³/mol. The third-order valence-electron chi connectivity index (χ3n) is 6.77. The van der Waals surface area contributed by atoms with Gasteiger partial charge in [-0.3, -0.25) is 9.78 Å². The van der Waals surface area contributed by atoms with Gasteiger partial charge in [-0.2, -0.15) is 0 Å². The van der Waals surface area contributed by atoms with Crippen molar-refractivity contribution in [1.29, 1.82) is 0 Å². The molecule has 0 fully saturated rings. The molecule has 9 heteroatoms. The zero-order valence-corrected chi connectivity index (χ0v) is 21.7. The van der Waals surface area contributed by atoms with Crippen molar-refractivity contribution in [3.05, 3.63) is 93.3 Å². The third kappa shape index (κ3) is 3.62. The maximum Gasteiger partial charge on any atom is 0.334 e. The van der Waals surface area contributed by atoms with Crippen LogP contribution in [0.1, 0.15) is 18.2 Å². The summed E-state index contributed by atoms with van der Waals surface area (Å²) in [6, 6.07) is 13.6. The Hall–Kier alpha value is -4.37. The monoisotopic (exact) mass is 511 g/mol. The molecular formula is C28H25N5O3S. The number of H-pyrrole nitrogens is 1. The summed E-state index contributed by atoms with van der Waals surface area (Å²) in [7, 11) is 1.63. The Morgan fingerprint density at radius 3 is 2.65 bits per heavy atom. The van der Waals surface area contributed by atoms with Crippen molar-refractivity contribution in [2.24, 2.45) is 0 Å². The summed E-state index contributed by atoms with van der Waals surface area (Å²) < 4.78 is 10.9. The first-order chi connectivity index (χ1) is 17.9. The van der Waals surface area contributed by atoms with Gasteiger partial charge >= 0.3 is 5.69 Å². The van der Waals surface area contributed by atoms with Crippen LogP contribution >= 0.6 is 11.3 Å². The highest BCUT2D eigenvalue weighted by Crippen LogP contribution is 2.38. The number of aromatic amines is 1. The van der Waals surface area contributed by atoms with Crippen LogP contribution < -0.4 is 16.0 Å². The van der Waals surface area contributed by atoms with Crippen molar-refractivity contribution in [3.8, 4) is 27.6 Å². The van der Waals surface area contributed by atoms with E-state index in [9.17, 15) is 9.59 Å². The zero-order valence-electron chi connectivity index (χ0n) is 20.9. The highest BCUT2D eigenvalue weighted by molar-refractivity contribution is 7.22. The number of nitrogens with zero attached hydrogens (tertiary/aromatic N) is 4. The summed E-state index contributed by atoms with van der Waals surface area (Å²) in [6.07, 6.45) is 5.69. The summed E-state index contributed by atoms with van der Waals surface area (Å²) in [4.78, 5) is 35.5. The molecule has 4 heterocycles. The van der Waals surface area contributed by atoms with E-state index in [1.807, 2.05) is 73.3 Å². The van der Waals surface area contributed by atoms with Crippen molar-refractivity contribution in [3.63, 3.8) is 0 Å². The molecule has 0 aliphatic heterocycles.